The maximum atomic E-state index is 10.6. The van der Waals surface area contributed by atoms with Crippen molar-refractivity contribution in [2.24, 2.45) is 0 Å². The minimum absolute atomic E-state index is 0.0334. The van der Waals surface area contributed by atoms with E-state index in [2.05, 4.69) is 5.32 Å². The molecule has 0 aliphatic carbocycles. The van der Waals surface area contributed by atoms with Crippen LogP contribution in [0.25, 0.3) is 0 Å². The summed E-state index contributed by atoms with van der Waals surface area (Å²) in [5.74, 6) is -1.28. The van der Waals surface area contributed by atoms with Gasteiger partial charge in [-0.25, -0.2) is 0 Å². The molecule has 0 radical (unpaired) electrons. The van der Waals surface area contributed by atoms with Gasteiger partial charge in [-0.05, 0) is 17.7 Å². The van der Waals surface area contributed by atoms with E-state index >= 15 is 0 Å². The lowest BCUT2D eigenvalue weighted by Crippen LogP contribution is -2.55. The number of aliphatic hydroxyl groups is 3. The van der Waals surface area contributed by atoms with Crippen molar-refractivity contribution in [3.05, 3.63) is 29.8 Å². The number of carbonyl (C=O) groups excluding carboxylic acids is 1. The monoisotopic (exact) mass is 268 g/mol. The molecule has 7 heteroatoms. The Bertz CT molecular complexity index is 448. The van der Waals surface area contributed by atoms with Crippen molar-refractivity contribution in [3.63, 3.8) is 0 Å². The number of carboxylic acid groups (broad SMARTS) is 1. The van der Waals surface area contributed by atoms with E-state index in [0.29, 0.717) is 5.69 Å². The summed E-state index contributed by atoms with van der Waals surface area (Å²) in [6.45, 7) is -0.104. The third-order valence-corrected chi connectivity index (χ3v) is 2.93. The van der Waals surface area contributed by atoms with E-state index in [1.165, 1.54) is 24.3 Å². The van der Waals surface area contributed by atoms with Crippen molar-refractivity contribution in [3.8, 4) is 0 Å². The summed E-state index contributed by atoms with van der Waals surface area (Å²) in [5, 5.41) is 41.9. The zero-order chi connectivity index (χ0) is 14.0. The van der Waals surface area contributed by atoms with Crippen LogP contribution in [0.1, 0.15) is 10.4 Å². The number of nitrogens with one attached hydrogen (secondary N) is 1. The summed E-state index contributed by atoms with van der Waals surface area (Å²) in [5.41, 5.74) is 0.545. The second-order valence-electron chi connectivity index (χ2n) is 4.31. The van der Waals surface area contributed by atoms with Crippen LogP contribution < -0.4 is 10.4 Å². The topological polar surface area (TPSA) is 122 Å². The molecule has 1 aromatic carbocycles. The largest absolute Gasteiger partial charge is 0.545 e. The Kier molecular flexibility index (Phi) is 4.01. The molecule has 19 heavy (non-hydrogen) atoms. The molecule has 0 unspecified atom stereocenters. The Labute approximate surface area is 109 Å². The number of aromatic carboxylic acids is 1. The van der Waals surface area contributed by atoms with Crippen LogP contribution in [0.3, 0.4) is 0 Å². The highest BCUT2D eigenvalue weighted by Crippen LogP contribution is 2.18. The molecule has 4 N–H and O–H groups in total. The first-order chi connectivity index (χ1) is 8.99. The number of ether oxygens (including phenoxy) is 1. The first-order valence-corrected chi connectivity index (χ1v) is 5.73. The molecule has 0 aromatic heterocycles. The predicted octanol–water partition coefficient (Wildman–Crippen LogP) is -2.10. The molecule has 4 atom stereocenters. The Morgan fingerprint density at radius 1 is 1.21 bits per heavy atom. The van der Waals surface area contributed by atoms with Gasteiger partial charge in [0.05, 0.1) is 12.6 Å². The van der Waals surface area contributed by atoms with E-state index in [4.69, 9.17) is 4.74 Å². The zero-order valence-electron chi connectivity index (χ0n) is 9.89. The van der Waals surface area contributed by atoms with Crippen molar-refractivity contribution >= 4 is 11.7 Å². The smallest absolute Gasteiger partial charge is 0.156 e. The highest BCUT2D eigenvalue weighted by atomic mass is 16.5. The maximum Gasteiger partial charge on any atom is 0.156 e. The van der Waals surface area contributed by atoms with E-state index in [1.807, 2.05) is 0 Å². The molecule has 0 saturated carbocycles. The van der Waals surface area contributed by atoms with Gasteiger partial charge in [-0.3, -0.25) is 0 Å². The van der Waals surface area contributed by atoms with Crippen LogP contribution in [0.2, 0.25) is 0 Å². The van der Waals surface area contributed by atoms with Crippen LogP contribution in [0.5, 0.6) is 0 Å². The molecule has 1 aliphatic rings. The lowest BCUT2D eigenvalue weighted by atomic mass is 10.0. The quantitative estimate of drug-likeness (QED) is 0.495. The molecule has 1 aromatic rings. The third-order valence-electron chi connectivity index (χ3n) is 2.93. The maximum absolute atomic E-state index is 10.6. The van der Waals surface area contributed by atoms with Gasteiger partial charge in [0.2, 0.25) is 0 Å². The van der Waals surface area contributed by atoms with Crippen molar-refractivity contribution < 1.29 is 30.0 Å². The van der Waals surface area contributed by atoms with Crippen LogP contribution in [0.4, 0.5) is 5.69 Å². The number of carboxylic acids is 1. The summed E-state index contributed by atoms with van der Waals surface area (Å²) < 4.78 is 5.15. The average Bonchev–Trinajstić information content (AvgIpc) is 2.40. The lowest BCUT2D eigenvalue weighted by molar-refractivity contribution is -0.255. The molecule has 1 heterocycles. The summed E-state index contributed by atoms with van der Waals surface area (Å²) in [6.07, 6.45) is -4.60. The van der Waals surface area contributed by atoms with Gasteiger partial charge in [0.15, 0.2) is 6.23 Å². The summed E-state index contributed by atoms with van der Waals surface area (Å²) in [4.78, 5) is 10.6. The number of rotatable bonds is 3. The molecule has 1 aliphatic heterocycles. The first-order valence-electron chi connectivity index (χ1n) is 5.73. The van der Waals surface area contributed by atoms with E-state index < -0.39 is 30.5 Å². The Balaban J connectivity index is 2.03. The fourth-order valence-corrected chi connectivity index (χ4v) is 1.80. The number of hydrogen-bond donors (Lipinski definition) is 4. The van der Waals surface area contributed by atoms with Gasteiger partial charge in [-0.15, -0.1) is 0 Å². The van der Waals surface area contributed by atoms with E-state index in [1.54, 1.807) is 0 Å². The molecule has 104 valence electrons. The number of aliphatic hydroxyl groups excluding tert-OH is 3. The van der Waals surface area contributed by atoms with Gasteiger partial charge in [0.1, 0.15) is 18.3 Å². The number of benzene rings is 1. The Morgan fingerprint density at radius 2 is 1.84 bits per heavy atom. The second kappa shape index (κ2) is 5.54. The highest BCUT2D eigenvalue weighted by Gasteiger charge is 2.37. The summed E-state index contributed by atoms with van der Waals surface area (Å²) in [6, 6.07) is 5.66. The van der Waals surface area contributed by atoms with E-state index in [-0.39, 0.29) is 12.2 Å². The highest BCUT2D eigenvalue weighted by molar-refractivity contribution is 5.86. The Morgan fingerprint density at radius 3 is 2.42 bits per heavy atom. The van der Waals surface area contributed by atoms with Crippen LogP contribution in [0, 0.1) is 0 Å². The number of carbonyl (C=O) groups is 1. The number of anilines is 1. The molecule has 0 bridgehead atoms. The molecule has 0 spiro atoms. The van der Waals surface area contributed by atoms with Gasteiger partial charge in [-0.1, -0.05) is 12.1 Å². The summed E-state index contributed by atoms with van der Waals surface area (Å²) >= 11 is 0. The van der Waals surface area contributed by atoms with Crippen molar-refractivity contribution in [1.82, 2.24) is 0 Å². The van der Waals surface area contributed by atoms with Crippen LogP contribution in [-0.4, -0.2) is 52.4 Å². The fourth-order valence-electron chi connectivity index (χ4n) is 1.80. The third kappa shape index (κ3) is 3.02. The molecule has 1 saturated heterocycles. The first kappa shape index (κ1) is 13.8. The molecule has 7 nitrogen and oxygen atoms in total. The van der Waals surface area contributed by atoms with Crippen molar-refractivity contribution in [1.29, 1.82) is 0 Å². The van der Waals surface area contributed by atoms with Crippen LogP contribution in [-0.2, 0) is 4.74 Å². The van der Waals surface area contributed by atoms with Crippen molar-refractivity contribution in [2.45, 2.75) is 24.5 Å². The lowest BCUT2D eigenvalue weighted by Gasteiger charge is -2.35. The van der Waals surface area contributed by atoms with E-state index in [0.717, 1.165) is 0 Å². The minimum atomic E-state index is -1.30. The molecule has 2 rings (SSSR count). The van der Waals surface area contributed by atoms with E-state index in [9.17, 15) is 25.2 Å². The van der Waals surface area contributed by atoms with Gasteiger partial charge < -0.3 is 35.3 Å². The fraction of sp³-hybridized carbons (Fsp3) is 0.417. The SMILES string of the molecule is O=C([O-])c1ccc(N[C@@H]2OC[C@@H](O)[C@H](O)[C@@H]2O)cc1. The molecule has 0 amide bonds. The Hall–Kier alpha value is -1.67. The number of hydrogen-bond acceptors (Lipinski definition) is 7. The van der Waals surface area contributed by atoms with Gasteiger partial charge >= 0.3 is 0 Å². The predicted molar refractivity (Wildman–Crippen MR) is 62.2 cm³/mol. The van der Waals surface area contributed by atoms with Crippen molar-refractivity contribution in [2.75, 3.05) is 11.9 Å². The van der Waals surface area contributed by atoms with Crippen LogP contribution in [0.15, 0.2) is 24.3 Å². The normalized spacial score (nSPS) is 30.9. The van der Waals surface area contributed by atoms with Gasteiger partial charge in [-0.2, -0.15) is 0 Å². The molecular formula is C12H14NO6-. The minimum Gasteiger partial charge on any atom is -0.545 e. The molecular weight excluding hydrogens is 254 g/mol. The van der Waals surface area contributed by atoms with Gasteiger partial charge in [0, 0.05) is 5.69 Å². The van der Waals surface area contributed by atoms with Gasteiger partial charge in [0.25, 0.3) is 0 Å². The molecule has 1 fully saturated rings. The average molecular weight is 268 g/mol. The zero-order valence-corrected chi connectivity index (χ0v) is 9.89. The summed E-state index contributed by atoms with van der Waals surface area (Å²) in [7, 11) is 0. The van der Waals surface area contributed by atoms with Crippen LogP contribution >= 0.6 is 0 Å². The standard InChI is InChI=1S/C12H15NO6/c14-8-5-19-11(10(16)9(8)15)13-7-3-1-6(2-4-7)12(17)18/h1-4,8-11,13-16H,5H2,(H,17,18)/p-1/t8-,9+,10+,11-/m1/s1. The second-order valence-corrected chi connectivity index (χ2v) is 4.31.